The maximum atomic E-state index is 14.1. The van der Waals surface area contributed by atoms with Gasteiger partial charge in [-0.2, -0.15) is 0 Å². The number of nitrogens with zero attached hydrogens (tertiary/aromatic N) is 1. The molecule has 0 N–H and O–H groups in total. The van der Waals surface area contributed by atoms with Gasteiger partial charge < -0.3 is 0 Å². The monoisotopic (exact) mass is 407 g/mol. The van der Waals surface area contributed by atoms with Crippen LogP contribution in [0.5, 0.6) is 0 Å². The van der Waals surface area contributed by atoms with Gasteiger partial charge in [-0.3, -0.25) is 9.59 Å². The molecule has 1 aliphatic heterocycles. The Morgan fingerprint density at radius 3 is 2.03 bits per heavy atom. The molecule has 0 radical (unpaired) electrons. The molecule has 0 spiro atoms. The fourth-order valence-electron chi connectivity index (χ4n) is 6.82. The van der Waals surface area contributed by atoms with E-state index in [4.69, 9.17) is 0 Å². The van der Waals surface area contributed by atoms with Gasteiger partial charge in [0.15, 0.2) is 0 Å². The number of rotatable bonds is 2. The molecule has 1 saturated heterocycles. The van der Waals surface area contributed by atoms with E-state index in [9.17, 15) is 9.59 Å². The maximum absolute atomic E-state index is 14.1. The van der Waals surface area contributed by atoms with Crippen molar-refractivity contribution < 1.29 is 9.59 Å². The highest BCUT2D eigenvalue weighted by Crippen LogP contribution is 2.65. The Labute approximate surface area is 182 Å². The molecule has 31 heavy (non-hydrogen) atoms. The van der Waals surface area contributed by atoms with Crippen molar-refractivity contribution in [3.05, 3.63) is 100 Å². The average Bonchev–Trinajstić information content (AvgIpc) is 3.05. The number of benzene rings is 3. The Morgan fingerprint density at radius 2 is 1.45 bits per heavy atom. The molecule has 7 rings (SSSR count). The summed E-state index contributed by atoms with van der Waals surface area (Å²) in [4.78, 5) is 29.5. The summed E-state index contributed by atoms with van der Waals surface area (Å²) < 4.78 is 0. The van der Waals surface area contributed by atoms with Crippen LogP contribution in [0.25, 0.3) is 0 Å². The third kappa shape index (κ3) is 2.09. The quantitative estimate of drug-likeness (QED) is 0.543. The lowest BCUT2D eigenvalue weighted by molar-refractivity contribution is -0.123. The number of amides is 2. The van der Waals surface area contributed by atoms with Gasteiger partial charge in [0.1, 0.15) is 0 Å². The van der Waals surface area contributed by atoms with Crippen LogP contribution >= 0.6 is 0 Å². The highest BCUT2D eigenvalue weighted by molar-refractivity contribution is 6.24. The molecule has 4 aliphatic rings. The minimum atomic E-state index is -0.466. The molecule has 0 saturated carbocycles. The van der Waals surface area contributed by atoms with Gasteiger partial charge in [0, 0.05) is 11.3 Å². The summed E-state index contributed by atoms with van der Waals surface area (Å²) in [6, 6.07) is 22.9. The zero-order valence-electron chi connectivity index (χ0n) is 18.1. The van der Waals surface area contributed by atoms with E-state index in [0.29, 0.717) is 0 Å². The predicted octanol–water partition coefficient (Wildman–Crippen LogP) is 5.26. The van der Waals surface area contributed by atoms with E-state index in [1.54, 1.807) is 0 Å². The van der Waals surface area contributed by atoms with Crippen LogP contribution in [0.3, 0.4) is 0 Å². The summed E-state index contributed by atoms with van der Waals surface area (Å²) in [5.74, 6) is -0.872. The summed E-state index contributed by atoms with van der Waals surface area (Å²) in [5, 5.41) is 0. The van der Waals surface area contributed by atoms with Gasteiger partial charge >= 0.3 is 0 Å². The minimum absolute atomic E-state index is 0.0437. The Bertz CT molecular complexity index is 1230. The van der Waals surface area contributed by atoms with Gasteiger partial charge in [-0.1, -0.05) is 73.2 Å². The molecule has 3 heteroatoms. The molecule has 0 aromatic heterocycles. The predicted molar refractivity (Wildman–Crippen MR) is 121 cm³/mol. The normalized spacial score (nSPS) is 27.8. The Kier molecular flexibility index (Phi) is 3.69. The van der Waals surface area contributed by atoms with Crippen molar-refractivity contribution in [3.63, 3.8) is 0 Å². The van der Waals surface area contributed by atoms with Gasteiger partial charge in [0.05, 0.1) is 17.5 Å². The molecular formula is C28H25NO2. The van der Waals surface area contributed by atoms with Crippen molar-refractivity contribution >= 4 is 17.5 Å². The summed E-state index contributed by atoms with van der Waals surface area (Å²) >= 11 is 0. The summed E-state index contributed by atoms with van der Waals surface area (Å²) in [6.07, 6.45) is 0.786. The molecule has 3 aromatic rings. The standard InChI is InChI=1S/C28H25NO2/c1-4-28-20-11-7-5-9-18(20)23(19-10-6-8-12-21(19)28)24-25(28)27(31)29(26(24)30)22-14-13-16(2)15-17(22)3/h5-15,23-25H,4H2,1-3H3/t23?,24-,25-,28?/m0/s1. The molecule has 0 unspecified atom stereocenters. The molecule has 1 heterocycles. The van der Waals surface area contributed by atoms with Gasteiger partial charge in [0.2, 0.25) is 11.8 Å². The second-order valence-corrected chi connectivity index (χ2v) is 9.28. The highest BCUT2D eigenvalue weighted by Gasteiger charge is 2.67. The van der Waals surface area contributed by atoms with Crippen molar-refractivity contribution in [1.29, 1.82) is 0 Å². The number of carbonyl (C=O) groups excluding carboxylic acids is 2. The van der Waals surface area contributed by atoms with Crippen LogP contribution in [0.15, 0.2) is 66.7 Å². The van der Waals surface area contributed by atoms with Crippen molar-refractivity contribution in [2.45, 2.75) is 38.5 Å². The van der Waals surface area contributed by atoms with Crippen molar-refractivity contribution in [1.82, 2.24) is 0 Å². The van der Waals surface area contributed by atoms with Crippen LogP contribution in [0.4, 0.5) is 5.69 Å². The van der Waals surface area contributed by atoms with Gasteiger partial charge in [-0.25, -0.2) is 4.90 Å². The summed E-state index contributed by atoms with van der Waals surface area (Å²) in [6.45, 7) is 6.18. The maximum Gasteiger partial charge on any atom is 0.238 e. The highest BCUT2D eigenvalue weighted by atomic mass is 16.2. The fraction of sp³-hybridized carbons (Fsp3) is 0.286. The Balaban J connectivity index is 1.64. The lowest BCUT2D eigenvalue weighted by Gasteiger charge is -2.54. The molecule has 3 nitrogen and oxygen atoms in total. The van der Waals surface area contributed by atoms with Crippen molar-refractivity contribution in [2.75, 3.05) is 4.90 Å². The number of hydrogen-bond acceptors (Lipinski definition) is 2. The first kappa shape index (κ1) is 18.6. The topological polar surface area (TPSA) is 37.4 Å². The number of imide groups is 1. The van der Waals surface area contributed by atoms with Crippen molar-refractivity contribution in [3.8, 4) is 0 Å². The second-order valence-electron chi connectivity index (χ2n) is 9.28. The van der Waals surface area contributed by atoms with Crippen molar-refractivity contribution in [2.24, 2.45) is 11.8 Å². The van der Waals surface area contributed by atoms with Crippen LogP contribution in [0, 0.1) is 25.7 Å². The zero-order chi connectivity index (χ0) is 21.5. The molecular weight excluding hydrogens is 382 g/mol. The second kappa shape index (κ2) is 6.16. The fourth-order valence-corrected chi connectivity index (χ4v) is 6.82. The number of aryl methyl sites for hydroxylation is 2. The Hall–Kier alpha value is -3.20. The molecule has 3 aliphatic carbocycles. The molecule has 154 valence electrons. The van der Waals surface area contributed by atoms with Crippen LogP contribution in [-0.2, 0) is 15.0 Å². The first-order valence-corrected chi connectivity index (χ1v) is 11.1. The first-order chi connectivity index (χ1) is 15.0. The third-order valence-corrected chi connectivity index (χ3v) is 7.94. The Morgan fingerprint density at radius 1 is 0.839 bits per heavy atom. The lowest BCUT2D eigenvalue weighted by atomic mass is 9.46. The van der Waals surface area contributed by atoms with E-state index in [2.05, 4.69) is 55.5 Å². The SMILES string of the molecule is CCC12c3ccccc3C(c3ccccc31)[C@@H]1C(=O)N(c3ccc(C)cc3C)C(=O)[C@H]12. The zero-order valence-corrected chi connectivity index (χ0v) is 18.1. The van der Waals surface area contributed by atoms with Crippen LogP contribution in [0.1, 0.15) is 52.6 Å². The first-order valence-electron chi connectivity index (χ1n) is 11.1. The van der Waals surface area contributed by atoms with Gasteiger partial charge in [-0.15, -0.1) is 0 Å². The van der Waals surface area contributed by atoms with Gasteiger partial charge in [0.25, 0.3) is 0 Å². The number of hydrogen-bond donors (Lipinski definition) is 0. The van der Waals surface area contributed by atoms with Crippen LogP contribution in [-0.4, -0.2) is 11.8 Å². The third-order valence-electron chi connectivity index (χ3n) is 7.94. The van der Waals surface area contributed by atoms with Crippen LogP contribution in [0.2, 0.25) is 0 Å². The minimum Gasteiger partial charge on any atom is -0.274 e. The van der Waals surface area contributed by atoms with E-state index >= 15 is 0 Å². The number of carbonyl (C=O) groups is 2. The molecule has 3 aromatic carbocycles. The largest absolute Gasteiger partial charge is 0.274 e. The number of anilines is 1. The molecule has 2 amide bonds. The van der Waals surface area contributed by atoms with E-state index in [1.807, 2.05) is 32.0 Å². The average molecular weight is 408 g/mol. The molecule has 2 bridgehead atoms. The smallest absolute Gasteiger partial charge is 0.238 e. The lowest BCUT2D eigenvalue weighted by Crippen LogP contribution is -2.53. The molecule has 1 fully saturated rings. The van der Waals surface area contributed by atoms with E-state index in [1.165, 1.54) is 27.2 Å². The summed E-state index contributed by atoms with van der Waals surface area (Å²) in [7, 11) is 0. The van der Waals surface area contributed by atoms with E-state index in [-0.39, 0.29) is 29.6 Å². The van der Waals surface area contributed by atoms with E-state index < -0.39 is 5.41 Å². The molecule has 2 atom stereocenters. The summed E-state index contributed by atoms with van der Waals surface area (Å²) in [5.41, 5.74) is 7.25. The van der Waals surface area contributed by atoms with Gasteiger partial charge in [-0.05, 0) is 54.2 Å². The van der Waals surface area contributed by atoms with E-state index in [0.717, 1.165) is 23.2 Å². The van der Waals surface area contributed by atoms with Crippen LogP contribution < -0.4 is 4.90 Å².